The molecular weight excluding hydrogens is 420 g/mol. The smallest absolute Gasteiger partial charge is 0.325 e. The first-order valence-electron chi connectivity index (χ1n) is 10.8. The summed E-state index contributed by atoms with van der Waals surface area (Å²) in [5.74, 6) is -0.290. The number of thiocarbonyl (C=S) groups is 1. The van der Waals surface area contributed by atoms with E-state index in [1.54, 1.807) is 6.20 Å². The Morgan fingerprint density at radius 3 is 2.59 bits per heavy atom. The molecular formula is C25H28N4O2S. The first-order chi connectivity index (χ1) is 15.5. The number of nitrogens with zero attached hydrogens (tertiary/aromatic N) is 3. The molecule has 1 aliphatic rings. The first kappa shape index (κ1) is 22.0. The van der Waals surface area contributed by atoms with Gasteiger partial charge in [0.1, 0.15) is 6.54 Å². The maximum absolute atomic E-state index is 12.4. The van der Waals surface area contributed by atoms with Gasteiger partial charge >= 0.3 is 5.97 Å². The minimum atomic E-state index is -0.290. The van der Waals surface area contributed by atoms with Crippen molar-refractivity contribution in [3.63, 3.8) is 0 Å². The molecule has 0 radical (unpaired) electrons. The van der Waals surface area contributed by atoms with E-state index in [2.05, 4.69) is 59.0 Å². The number of aryl methyl sites for hydroxylation is 1. The Bertz CT molecular complexity index is 1100. The van der Waals surface area contributed by atoms with Gasteiger partial charge in [0.2, 0.25) is 0 Å². The molecule has 32 heavy (non-hydrogen) atoms. The molecule has 7 heteroatoms. The third-order valence-corrected chi connectivity index (χ3v) is 6.27. The maximum atomic E-state index is 12.4. The highest BCUT2D eigenvalue weighted by Crippen LogP contribution is 2.40. The Morgan fingerprint density at radius 2 is 1.91 bits per heavy atom. The van der Waals surface area contributed by atoms with Crippen LogP contribution in [0.5, 0.6) is 0 Å². The quantitative estimate of drug-likeness (QED) is 0.434. The second-order valence-corrected chi connectivity index (χ2v) is 8.34. The van der Waals surface area contributed by atoms with Gasteiger partial charge in [-0.15, -0.1) is 0 Å². The van der Waals surface area contributed by atoms with Crippen molar-refractivity contribution in [2.24, 2.45) is 0 Å². The van der Waals surface area contributed by atoms with Gasteiger partial charge in [0.25, 0.3) is 0 Å². The van der Waals surface area contributed by atoms with Crippen LogP contribution in [0.2, 0.25) is 0 Å². The van der Waals surface area contributed by atoms with Crippen molar-refractivity contribution in [2.75, 3.05) is 13.2 Å². The number of aromatic nitrogens is 2. The van der Waals surface area contributed by atoms with Crippen molar-refractivity contribution < 1.29 is 9.53 Å². The Labute approximate surface area is 194 Å². The van der Waals surface area contributed by atoms with Crippen LogP contribution in [0.15, 0.2) is 60.8 Å². The summed E-state index contributed by atoms with van der Waals surface area (Å²) in [5, 5.41) is 3.93. The van der Waals surface area contributed by atoms with E-state index in [9.17, 15) is 4.79 Å². The Kier molecular flexibility index (Phi) is 6.55. The lowest BCUT2D eigenvalue weighted by Crippen LogP contribution is -2.35. The molecule has 2 aromatic heterocycles. The van der Waals surface area contributed by atoms with Crippen LogP contribution in [0.1, 0.15) is 47.2 Å². The van der Waals surface area contributed by atoms with Gasteiger partial charge in [-0.05, 0) is 62.3 Å². The molecule has 0 bridgehead atoms. The fraction of sp³-hybridized carbons (Fsp3) is 0.320. The standard InChI is InChI=1S/C25H28N4O2S/c1-4-31-22(30)16-29-24(23(27-25(29)32)21-12-8-9-13-26-21)20-14-17(2)28(18(20)3)15-19-10-6-5-7-11-19/h5-14,23-24H,4,15-16H2,1-3H3,(H,27,32)/t23-,24-/m0/s1. The van der Waals surface area contributed by atoms with Crippen molar-refractivity contribution in [3.05, 3.63) is 89.0 Å². The van der Waals surface area contributed by atoms with Crippen LogP contribution in [-0.2, 0) is 16.1 Å². The predicted molar refractivity (Wildman–Crippen MR) is 128 cm³/mol. The third kappa shape index (κ3) is 4.39. The summed E-state index contributed by atoms with van der Waals surface area (Å²) < 4.78 is 7.54. The summed E-state index contributed by atoms with van der Waals surface area (Å²) in [5.41, 5.74) is 5.57. The van der Waals surface area contributed by atoms with Gasteiger partial charge < -0.3 is 19.5 Å². The van der Waals surface area contributed by atoms with Crippen LogP contribution in [0.3, 0.4) is 0 Å². The molecule has 0 amide bonds. The molecule has 1 aliphatic heterocycles. The number of nitrogens with one attached hydrogen (secondary N) is 1. The second-order valence-electron chi connectivity index (χ2n) is 7.96. The van der Waals surface area contributed by atoms with E-state index in [0.29, 0.717) is 11.7 Å². The highest BCUT2D eigenvalue weighted by molar-refractivity contribution is 7.80. The molecule has 166 valence electrons. The highest BCUT2D eigenvalue weighted by atomic mass is 32.1. The van der Waals surface area contributed by atoms with E-state index in [1.165, 1.54) is 5.56 Å². The van der Waals surface area contributed by atoms with Crippen molar-refractivity contribution >= 4 is 23.3 Å². The lowest BCUT2D eigenvalue weighted by Gasteiger charge is -2.27. The van der Waals surface area contributed by atoms with Crippen molar-refractivity contribution in [3.8, 4) is 0 Å². The zero-order chi connectivity index (χ0) is 22.7. The minimum Gasteiger partial charge on any atom is -0.465 e. The fourth-order valence-electron chi connectivity index (χ4n) is 4.40. The van der Waals surface area contributed by atoms with Crippen LogP contribution < -0.4 is 5.32 Å². The van der Waals surface area contributed by atoms with E-state index in [0.717, 1.165) is 29.2 Å². The van der Waals surface area contributed by atoms with Crippen molar-refractivity contribution in [1.29, 1.82) is 0 Å². The number of hydrogen-bond acceptors (Lipinski definition) is 4. The number of ether oxygens (including phenoxy) is 1. The summed E-state index contributed by atoms with van der Waals surface area (Å²) in [6, 6.07) is 18.1. The normalized spacial score (nSPS) is 18.0. The van der Waals surface area contributed by atoms with Gasteiger partial charge in [0.15, 0.2) is 5.11 Å². The molecule has 2 atom stereocenters. The van der Waals surface area contributed by atoms with Crippen LogP contribution in [-0.4, -0.2) is 38.7 Å². The molecule has 1 aromatic carbocycles. The topological polar surface area (TPSA) is 59.4 Å². The number of benzene rings is 1. The van der Waals surface area contributed by atoms with Gasteiger partial charge in [0, 0.05) is 24.1 Å². The SMILES string of the molecule is CCOC(=O)CN1C(=S)N[C@@H](c2ccccn2)[C@@H]1c1cc(C)n(Cc2ccccc2)c1C. The molecule has 0 saturated carbocycles. The zero-order valence-corrected chi connectivity index (χ0v) is 19.4. The van der Waals surface area contributed by atoms with E-state index in [1.807, 2.05) is 36.1 Å². The molecule has 6 nitrogen and oxygen atoms in total. The molecule has 3 heterocycles. The lowest BCUT2D eigenvalue weighted by molar-refractivity contribution is -0.143. The number of esters is 1. The molecule has 0 unspecified atom stereocenters. The average molecular weight is 449 g/mol. The number of pyridine rings is 1. The Morgan fingerprint density at radius 1 is 1.16 bits per heavy atom. The first-order valence-corrected chi connectivity index (χ1v) is 11.2. The van der Waals surface area contributed by atoms with E-state index < -0.39 is 0 Å². The average Bonchev–Trinajstić information content (AvgIpc) is 3.26. The number of carbonyl (C=O) groups is 1. The molecule has 1 N–H and O–H groups in total. The van der Waals surface area contributed by atoms with Gasteiger partial charge in [-0.3, -0.25) is 9.78 Å². The summed E-state index contributed by atoms with van der Waals surface area (Å²) in [7, 11) is 0. The summed E-state index contributed by atoms with van der Waals surface area (Å²) in [6.45, 7) is 7.28. The summed E-state index contributed by atoms with van der Waals surface area (Å²) in [6.07, 6.45) is 1.78. The van der Waals surface area contributed by atoms with Crippen LogP contribution >= 0.6 is 12.2 Å². The highest BCUT2D eigenvalue weighted by Gasteiger charge is 2.42. The number of hydrogen-bond donors (Lipinski definition) is 1. The summed E-state index contributed by atoms with van der Waals surface area (Å²) >= 11 is 5.66. The largest absolute Gasteiger partial charge is 0.465 e. The number of rotatable bonds is 7. The molecule has 3 aromatic rings. The van der Waals surface area contributed by atoms with Gasteiger partial charge in [-0.2, -0.15) is 0 Å². The van der Waals surface area contributed by atoms with Gasteiger partial charge in [-0.1, -0.05) is 36.4 Å². The zero-order valence-electron chi connectivity index (χ0n) is 18.6. The predicted octanol–water partition coefficient (Wildman–Crippen LogP) is 4.08. The van der Waals surface area contributed by atoms with Crippen LogP contribution in [0, 0.1) is 13.8 Å². The number of carbonyl (C=O) groups excluding carboxylic acids is 1. The molecule has 1 saturated heterocycles. The van der Waals surface area contributed by atoms with Gasteiger partial charge in [0.05, 0.1) is 24.4 Å². The van der Waals surface area contributed by atoms with Crippen LogP contribution in [0.4, 0.5) is 0 Å². The molecule has 0 spiro atoms. The minimum absolute atomic E-state index is 0.0933. The lowest BCUT2D eigenvalue weighted by atomic mass is 9.97. The van der Waals surface area contributed by atoms with Crippen molar-refractivity contribution in [1.82, 2.24) is 19.8 Å². The van der Waals surface area contributed by atoms with E-state index in [-0.39, 0.29) is 24.6 Å². The molecule has 0 aliphatic carbocycles. The van der Waals surface area contributed by atoms with E-state index >= 15 is 0 Å². The Hall–Kier alpha value is -3.19. The molecule has 1 fully saturated rings. The molecule has 4 rings (SSSR count). The van der Waals surface area contributed by atoms with Gasteiger partial charge in [-0.25, -0.2) is 0 Å². The maximum Gasteiger partial charge on any atom is 0.325 e. The third-order valence-electron chi connectivity index (χ3n) is 5.92. The van der Waals surface area contributed by atoms with E-state index in [4.69, 9.17) is 17.0 Å². The van der Waals surface area contributed by atoms with Crippen LogP contribution in [0.25, 0.3) is 0 Å². The summed E-state index contributed by atoms with van der Waals surface area (Å²) in [4.78, 5) is 18.9. The monoisotopic (exact) mass is 448 g/mol. The van der Waals surface area contributed by atoms with Crippen molar-refractivity contribution in [2.45, 2.75) is 39.4 Å². The second kappa shape index (κ2) is 9.53. The fourth-order valence-corrected chi connectivity index (χ4v) is 4.70. The Balaban J connectivity index is 1.74.